The first-order chi connectivity index (χ1) is 11.1. The number of hydrogen-bond acceptors (Lipinski definition) is 3. The molecule has 0 fully saturated rings. The molecule has 0 heterocycles. The lowest BCUT2D eigenvalue weighted by molar-refractivity contribution is 0.0936. The molecule has 0 unspecified atom stereocenters. The monoisotopic (exact) mass is 317 g/mol. The van der Waals surface area contributed by atoms with E-state index in [0.717, 1.165) is 17.7 Å². The van der Waals surface area contributed by atoms with Gasteiger partial charge in [0.25, 0.3) is 5.91 Å². The van der Waals surface area contributed by atoms with E-state index in [1.807, 2.05) is 18.2 Å². The first kappa shape index (κ1) is 16.3. The van der Waals surface area contributed by atoms with Crippen LogP contribution in [0, 0.1) is 5.82 Å². The highest BCUT2D eigenvalue weighted by Crippen LogP contribution is 2.16. The summed E-state index contributed by atoms with van der Waals surface area (Å²) in [6.45, 7) is 0.238. The number of nitrogens with one attached hydrogen (secondary N) is 3. The van der Waals surface area contributed by atoms with Gasteiger partial charge in [0.1, 0.15) is 11.6 Å². The van der Waals surface area contributed by atoms with E-state index >= 15 is 0 Å². The van der Waals surface area contributed by atoms with Crippen molar-refractivity contribution in [2.45, 2.75) is 6.54 Å². The molecule has 2 aromatic carbocycles. The van der Waals surface area contributed by atoms with Crippen LogP contribution in [0.15, 0.2) is 48.5 Å². The lowest BCUT2D eigenvalue weighted by Gasteiger charge is -2.11. The summed E-state index contributed by atoms with van der Waals surface area (Å²) in [7, 11) is 1.54. The standard InChI is InChI=1S/C16H16FN3O3/c1-23-14-5-3-2-4-12(14)10-18-16(22)20-19-15(21)11-6-8-13(17)9-7-11/h2-9H,10H2,1H3,(H,19,21)(H2,18,20,22). The molecule has 0 aromatic heterocycles. The van der Waals surface area contributed by atoms with Crippen LogP contribution in [-0.4, -0.2) is 19.0 Å². The van der Waals surface area contributed by atoms with Crippen LogP contribution >= 0.6 is 0 Å². The molecule has 2 rings (SSSR count). The number of benzene rings is 2. The largest absolute Gasteiger partial charge is 0.496 e. The Hall–Kier alpha value is -3.09. The summed E-state index contributed by atoms with van der Waals surface area (Å²) in [6.07, 6.45) is 0. The minimum Gasteiger partial charge on any atom is -0.496 e. The topological polar surface area (TPSA) is 79.5 Å². The lowest BCUT2D eigenvalue weighted by Crippen LogP contribution is -2.46. The van der Waals surface area contributed by atoms with Gasteiger partial charge in [-0.3, -0.25) is 10.2 Å². The normalized spacial score (nSPS) is 9.83. The molecule has 3 N–H and O–H groups in total. The summed E-state index contributed by atoms with van der Waals surface area (Å²) in [5, 5.41) is 2.58. The molecule has 6 nitrogen and oxygen atoms in total. The number of ether oxygens (including phenoxy) is 1. The molecule has 0 saturated heterocycles. The van der Waals surface area contributed by atoms with Crippen LogP contribution < -0.4 is 20.9 Å². The van der Waals surface area contributed by atoms with E-state index in [4.69, 9.17) is 4.74 Å². The molecule has 0 saturated carbocycles. The van der Waals surface area contributed by atoms with E-state index in [9.17, 15) is 14.0 Å². The van der Waals surface area contributed by atoms with Crippen molar-refractivity contribution in [1.82, 2.24) is 16.2 Å². The number of methoxy groups -OCH3 is 1. The number of urea groups is 1. The van der Waals surface area contributed by atoms with Crippen LogP contribution in [0.2, 0.25) is 0 Å². The Balaban J connectivity index is 1.81. The lowest BCUT2D eigenvalue weighted by atomic mass is 10.2. The highest BCUT2D eigenvalue weighted by molar-refractivity contribution is 5.95. The zero-order valence-electron chi connectivity index (χ0n) is 12.4. The Bertz CT molecular complexity index is 689. The van der Waals surface area contributed by atoms with E-state index in [-0.39, 0.29) is 12.1 Å². The van der Waals surface area contributed by atoms with Crippen molar-refractivity contribution >= 4 is 11.9 Å². The molecule has 3 amide bonds. The fourth-order valence-corrected chi connectivity index (χ4v) is 1.86. The Morgan fingerprint density at radius 3 is 2.43 bits per heavy atom. The number of hydrogen-bond donors (Lipinski definition) is 3. The third kappa shape index (κ3) is 4.70. The van der Waals surface area contributed by atoms with Gasteiger partial charge < -0.3 is 10.1 Å². The van der Waals surface area contributed by atoms with Crippen molar-refractivity contribution in [3.8, 4) is 5.75 Å². The first-order valence-electron chi connectivity index (χ1n) is 6.82. The number of halogens is 1. The Morgan fingerprint density at radius 2 is 1.74 bits per heavy atom. The highest BCUT2D eigenvalue weighted by atomic mass is 19.1. The smallest absolute Gasteiger partial charge is 0.333 e. The number of para-hydroxylation sites is 1. The fraction of sp³-hybridized carbons (Fsp3) is 0.125. The van der Waals surface area contributed by atoms with Crippen molar-refractivity contribution in [2.24, 2.45) is 0 Å². The third-order valence-electron chi connectivity index (χ3n) is 3.03. The van der Waals surface area contributed by atoms with Gasteiger partial charge in [0, 0.05) is 17.7 Å². The zero-order chi connectivity index (χ0) is 16.7. The summed E-state index contributed by atoms with van der Waals surface area (Å²) in [5.41, 5.74) is 5.48. The van der Waals surface area contributed by atoms with Gasteiger partial charge in [0.15, 0.2) is 0 Å². The molecule has 120 valence electrons. The van der Waals surface area contributed by atoms with E-state index in [2.05, 4.69) is 16.2 Å². The van der Waals surface area contributed by atoms with Crippen molar-refractivity contribution in [3.05, 3.63) is 65.5 Å². The average molecular weight is 317 g/mol. The number of carbonyl (C=O) groups is 2. The fourth-order valence-electron chi connectivity index (χ4n) is 1.86. The molecule has 0 spiro atoms. The summed E-state index contributed by atoms with van der Waals surface area (Å²) in [6, 6.07) is 11.6. The Labute approximate surface area is 132 Å². The van der Waals surface area contributed by atoms with Gasteiger partial charge in [-0.1, -0.05) is 18.2 Å². The minimum atomic E-state index is -0.577. The summed E-state index contributed by atoms with van der Waals surface area (Å²) >= 11 is 0. The van der Waals surface area contributed by atoms with E-state index < -0.39 is 17.8 Å². The maximum atomic E-state index is 12.8. The summed E-state index contributed by atoms with van der Waals surface area (Å²) < 4.78 is 17.9. The number of amides is 3. The molecule has 2 aromatic rings. The first-order valence-corrected chi connectivity index (χ1v) is 6.82. The van der Waals surface area contributed by atoms with Crippen LogP contribution in [0.25, 0.3) is 0 Å². The van der Waals surface area contributed by atoms with Crippen LogP contribution in [0.1, 0.15) is 15.9 Å². The molecule has 0 aliphatic heterocycles. The molecular weight excluding hydrogens is 301 g/mol. The van der Waals surface area contributed by atoms with Crippen LogP contribution in [0.4, 0.5) is 9.18 Å². The van der Waals surface area contributed by atoms with Gasteiger partial charge in [0.05, 0.1) is 7.11 Å². The van der Waals surface area contributed by atoms with Gasteiger partial charge >= 0.3 is 6.03 Å². The van der Waals surface area contributed by atoms with Gasteiger partial charge in [-0.2, -0.15) is 0 Å². The predicted molar refractivity (Wildman–Crippen MR) is 82.2 cm³/mol. The molecule has 0 radical (unpaired) electrons. The number of rotatable bonds is 4. The second-order valence-corrected chi connectivity index (χ2v) is 4.58. The molecule has 0 bridgehead atoms. The second-order valence-electron chi connectivity index (χ2n) is 4.58. The SMILES string of the molecule is COc1ccccc1CNC(=O)NNC(=O)c1ccc(F)cc1. The Kier molecular flexibility index (Phi) is 5.51. The molecule has 0 atom stereocenters. The average Bonchev–Trinajstić information content (AvgIpc) is 2.58. The van der Waals surface area contributed by atoms with E-state index in [0.29, 0.717) is 5.75 Å². The number of carbonyl (C=O) groups excluding carboxylic acids is 2. The van der Waals surface area contributed by atoms with Crippen molar-refractivity contribution < 1.29 is 18.7 Å². The summed E-state index contributed by atoms with van der Waals surface area (Å²) in [4.78, 5) is 23.4. The van der Waals surface area contributed by atoms with Gasteiger partial charge in [-0.05, 0) is 30.3 Å². The van der Waals surface area contributed by atoms with E-state index in [1.54, 1.807) is 13.2 Å². The van der Waals surface area contributed by atoms with Crippen molar-refractivity contribution in [3.63, 3.8) is 0 Å². The minimum absolute atomic E-state index is 0.233. The second kappa shape index (κ2) is 7.79. The highest BCUT2D eigenvalue weighted by Gasteiger charge is 2.08. The third-order valence-corrected chi connectivity index (χ3v) is 3.03. The van der Waals surface area contributed by atoms with Crippen molar-refractivity contribution in [1.29, 1.82) is 0 Å². The zero-order valence-corrected chi connectivity index (χ0v) is 12.4. The molecular formula is C16H16FN3O3. The van der Waals surface area contributed by atoms with Gasteiger partial charge in [-0.25, -0.2) is 14.6 Å². The predicted octanol–water partition coefficient (Wildman–Crippen LogP) is 1.98. The molecule has 0 aliphatic carbocycles. The van der Waals surface area contributed by atoms with Gasteiger partial charge in [0.2, 0.25) is 0 Å². The quantitative estimate of drug-likeness (QED) is 0.754. The molecule has 0 aliphatic rings. The Morgan fingerprint density at radius 1 is 1.04 bits per heavy atom. The van der Waals surface area contributed by atoms with Gasteiger partial charge in [-0.15, -0.1) is 0 Å². The number of hydrazine groups is 1. The molecule has 7 heteroatoms. The van der Waals surface area contributed by atoms with Crippen molar-refractivity contribution in [2.75, 3.05) is 7.11 Å². The maximum Gasteiger partial charge on any atom is 0.333 e. The molecule has 23 heavy (non-hydrogen) atoms. The van der Waals surface area contributed by atoms with Crippen LogP contribution in [-0.2, 0) is 6.54 Å². The van der Waals surface area contributed by atoms with Crippen LogP contribution in [0.5, 0.6) is 5.75 Å². The maximum absolute atomic E-state index is 12.8. The summed E-state index contributed by atoms with van der Waals surface area (Å²) in [5.74, 6) is -0.329. The van der Waals surface area contributed by atoms with E-state index in [1.165, 1.54) is 12.1 Å². The van der Waals surface area contributed by atoms with Crippen LogP contribution in [0.3, 0.4) is 0 Å².